The number of carbonyl (C=O) groups excluding carboxylic acids is 1. The van der Waals surface area contributed by atoms with Crippen LogP contribution in [0.5, 0.6) is 0 Å². The number of rotatable bonds is 7. The Bertz CT molecular complexity index is 1420. The lowest BCUT2D eigenvalue weighted by Gasteiger charge is -2.27. The molecule has 0 radical (unpaired) electrons. The Balaban J connectivity index is 1.27. The van der Waals surface area contributed by atoms with Crippen LogP contribution in [-0.2, 0) is 23.2 Å². The molecule has 3 aromatic heterocycles. The summed E-state index contributed by atoms with van der Waals surface area (Å²) < 4.78 is 7.26. The minimum absolute atomic E-state index is 0.0343. The summed E-state index contributed by atoms with van der Waals surface area (Å²) in [6, 6.07) is 10.9. The molecule has 1 aliphatic carbocycles. The zero-order chi connectivity index (χ0) is 24.9. The highest BCUT2D eigenvalue weighted by molar-refractivity contribution is 5.75. The lowest BCUT2D eigenvalue weighted by Crippen LogP contribution is -2.28. The molecular formula is C27H29N7O2. The monoisotopic (exact) mass is 483 g/mol. The summed E-state index contributed by atoms with van der Waals surface area (Å²) in [6.45, 7) is 3.32. The Morgan fingerprint density at radius 1 is 1.17 bits per heavy atom. The van der Waals surface area contributed by atoms with Gasteiger partial charge in [0.2, 0.25) is 5.91 Å². The van der Waals surface area contributed by atoms with Crippen molar-refractivity contribution in [3.8, 4) is 22.6 Å². The van der Waals surface area contributed by atoms with Crippen molar-refractivity contribution >= 4 is 11.7 Å². The first kappa shape index (κ1) is 22.5. The molecule has 1 aromatic carbocycles. The van der Waals surface area contributed by atoms with E-state index in [2.05, 4.69) is 57.8 Å². The zero-order valence-electron chi connectivity index (χ0n) is 20.7. The number of amides is 1. The van der Waals surface area contributed by atoms with Crippen LogP contribution < -0.4 is 5.32 Å². The van der Waals surface area contributed by atoms with Gasteiger partial charge >= 0.3 is 0 Å². The third-order valence-corrected chi connectivity index (χ3v) is 7.43. The Morgan fingerprint density at radius 2 is 1.97 bits per heavy atom. The standard InChI is InChI=1S/C27H29N7O2/c1-27(22-8-9-22,21-6-4-17(5-7-21)19-12-18-10-11-28-24(18)29-13-19)26-31-25(36-32-26)20-14-30-34(15-20)16-23(35)33(2)3/h4-7,12-15,22H,8-11,16H2,1-3H3,(H,28,29)/t27-/m0/s1. The number of hydrogen-bond donors (Lipinski definition) is 1. The maximum atomic E-state index is 12.0. The summed E-state index contributed by atoms with van der Waals surface area (Å²) >= 11 is 0. The van der Waals surface area contributed by atoms with E-state index in [9.17, 15) is 4.79 Å². The van der Waals surface area contributed by atoms with Gasteiger partial charge in [-0.3, -0.25) is 9.48 Å². The normalized spacial score (nSPS) is 16.3. The van der Waals surface area contributed by atoms with Crippen LogP contribution in [0.3, 0.4) is 0 Å². The van der Waals surface area contributed by atoms with E-state index in [-0.39, 0.29) is 17.9 Å². The van der Waals surface area contributed by atoms with Crippen LogP contribution in [0.15, 0.2) is 53.4 Å². The van der Waals surface area contributed by atoms with Crippen LogP contribution in [0, 0.1) is 5.92 Å². The molecule has 0 saturated heterocycles. The second-order valence-corrected chi connectivity index (χ2v) is 10.1. The Kier molecular flexibility index (Phi) is 5.35. The minimum Gasteiger partial charge on any atom is -0.370 e. The SMILES string of the molecule is CN(C)C(=O)Cn1cc(-c2nc([C@@](C)(c3ccc(-c4cnc5c(c4)CCN5)cc3)C3CC3)no2)cn1. The number of carbonyl (C=O) groups is 1. The smallest absolute Gasteiger partial charge is 0.261 e. The van der Waals surface area contributed by atoms with Crippen molar-refractivity contribution < 1.29 is 9.32 Å². The molecule has 1 saturated carbocycles. The zero-order valence-corrected chi connectivity index (χ0v) is 20.7. The summed E-state index contributed by atoms with van der Waals surface area (Å²) in [5.74, 6) is 2.51. The number of nitrogens with one attached hydrogen (secondary N) is 1. The average Bonchev–Trinajstić information content (AvgIpc) is 3.24. The number of likely N-dealkylation sites (N-methyl/N-ethyl adjacent to an activating group) is 1. The topological polar surface area (TPSA) is 102 Å². The number of fused-ring (bicyclic) bond motifs is 1. The van der Waals surface area contributed by atoms with Crippen LogP contribution in [0.1, 0.15) is 36.7 Å². The molecule has 2 aliphatic rings. The van der Waals surface area contributed by atoms with Crippen molar-refractivity contribution in [1.29, 1.82) is 0 Å². The van der Waals surface area contributed by atoms with Gasteiger partial charge in [-0.1, -0.05) is 29.4 Å². The lowest BCUT2D eigenvalue weighted by molar-refractivity contribution is -0.129. The van der Waals surface area contributed by atoms with Crippen molar-refractivity contribution in [1.82, 2.24) is 29.8 Å². The summed E-state index contributed by atoms with van der Waals surface area (Å²) in [5.41, 5.74) is 5.07. The number of pyridine rings is 1. The van der Waals surface area contributed by atoms with Gasteiger partial charge in [-0.25, -0.2) is 4.98 Å². The largest absolute Gasteiger partial charge is 0.370 e. The summed E-state index contributed by atoms with van der Waals surface area (Å²) in [6.07, 6.45) is 8.64. The Morgan fingerprint density at radius 3 is 2.72 bits per heavy atom. The van der Waals surface area contributed by atoms with E-state index in [1.807, 2.05) is 6.20 Å². The van der Waals surface area contributed by atoms with Crippen LogP contribution >= 0.6 is 0 Å². The maximum absolute atomic E-state index is 12.0. The van der Waals surface area contributed by atoms with Gasteiger partial charge in [-0.15, -0.1) is 0 Å². The van der Waals surface area contributed by atoms with E-state index in [0.717, 1.165) is 42.8 Å². The number of benzene rings is 1. The van der Waals surface area contributed by atoms with Crippen LogP contribution in [0.25, 0.3) is 22.6 Å². The predicted molar refractivity (Wildman–Crippen MR) is 135 cm³/mol. The average molecular weight is 484 g/mol. The molecule has 36 heavy (non-hydrogen) atoms. The van der Waals surface area contributed by atoms with E-state index in [0.29, 0.717) is 23.2 Å². The molecule has 9 heteroatoms. The van der Waals surface area contributed by atoms with Gasteiger partial charge in [0.15, 0.2) is 5.82 Å². The molecule has 1 atom stereocenters. The molecule has 4 aromatic rings. The third kappa shape index (κ3) is 3.94. The van der Waals surface area contributed by atoms with Crippen LogP contribution in [0.2, 0.25) is 0 Å². The Hall–Kier alpha value is -4.01. The molecule has 4 heterocycles. The van der Waals surface area contributed by atoms with Crippen molar-refractivity contribution in [3.63, 3.8) is 0 Å². The van der Waals surface area contributed by atoms with E-state index >= 15 is 0 Å². The van der Waals surface area contributed by atoms with E-state index in [1.54, 1.807) is 31.2 Å². The molecule has 1 fully saturated rings. The van der Waals surface area contributed by atoms with E-state index in [4.69, 9.17) is 9.51 Å². The number of aromatic nitrogens is 5. The van der Waals surface area contributed by atoms with Gasteiger partial charge in [-0.2, -0.15) is 10.1 Å². The first-order chi connectivity index (χ1) is 17.4. The fraction of sp³-hybridized carbons (Fsp3) is 0.370. The van der Waals surface area contributed by atoms with Gasteiger partial charge < -0.3 is 14.7 Å². The Labute approximate surface area is 209 Å². The predicted octanol–water partition coefficient (Wildman–Crippen LogP) is 3.77. The highest BCUT2D eigenvalue weighted by Crippen LogP contribution is 2.50. The molecule has 0 unspecified atom stereocenters. The molecule has 9 nitrogen and oxygen atoms in total. The summed E-state index contributed by atoms with van der Waals surface area (Å²) in [5, 5.41) is 12.0. The van der Waals surface area contributed by atoms with Gasteiger partial charge in [0, 0.05) is 38.6 Å². The second kappa shape index (κ2) is 8.58. The van der Waals surface area contributed by atoms with Gasteiger partial charge in [0.05, 0.1) is 17.2 Å². The quantitative estimate of drug-likeness (QED) is 0.427. The maximum Gasteiger partial charge on any atom is 0.261 e. The van der Waals surface area contributed by atoms with Gasteiger partial charge in [0.25, 0.3) is 5.89 Å². The summed E-state index contributed by atoms with van der Waals surface area (Å²) in [4.78, 5) is 22.9. The van der Waals surface area contributed by atoms with Gasteiger partial charge in [-0.05, 0) is 54.9 Å². The molecule has 0 spiro atoms. The molecule has 1 amide bonds. The molecule has 184 valence electrons. The van der Waals surface area contributed by atoms with Crippen LogP contribution in [-0.4, -0.2) is 56.4 Å². The number of nitrogens with zero attached hydrogens (tertiary/aromatic N) is 6. The summed E-state index contributed by atoms with van der Waals surface area (Å²) in [7, 11) is 3.45. The minimum atomic E-state index is -0.350. The lowest BCUT2D eigenvalue weighted by atomic mass is 9.76. The number of anilines is 1. The van der Waals surface area contributed by atoms with Crippen molar-refractivity contribution in [3.05, 3.63) is 65.9 Å². The molecule has 1 aliphatic heterocycles. The molecular weight excluding hydrogens is 454 g/mol. The molecule has 6 rings (SSSR count). The van der Waals surface area contributed by atoms with E-state index < -0.39 is 0 Å². The second-order valence-electron chi connectivity index (χ2n) is 10.1. The van der Waals surface area contributed by atoms with Crippen molar-refractivity contribution in [2.45, 2.75) is 38.1 Å². The molecule has 0 bridgehead atoms. The first-order valence-electron chi connectivity index (χ1n) is 12.3. The fourth-order valence-corrected chi connectivity index (χ4v) is 4.94. The van der Waals surface area contributed by atoms with Crippen LogP contribution in [0.4, 0.5) is 5.82 Å². The number of hydrogen-bond acceptors (Lipinski definition) is 7. The van der Waals surface area contributed by atoms with Crippen molar-refractivity contribution in [2.75, 3.05) is 26.0 Å². The highest BCUT2D eigenvalue weighted by atomic mass is 16.5. The first-order valence-corrected chi connectivity index (χ1v) is 12.3. The molecule has 1 N–H and O–H groups in total. The van der Waals surface area contributed by atoms with E-state index in [1.165, 1.54) is 16.0 Å². The third-order valence-electron chi connectivity index (χ3n) is 7.43. The fourth-order valence-electron chi connectivity index (χ4n) is 4.94. The van der Waals surface area contributed by atoms with Gasteiger partial charge in [0.1, 0.15) is 12.4 Å². The highest BCUT2D eigenvalue weighted by Gasteiger charge is 2.47. The van der Waals surface area contributed by atoms with Crippen molar-refractivity contribution in [2.24, 2.45) is 5.92 Å².